The predicted molar refractivity (Wildman–Crippen MR) is 71.7 cm³/mol. The first-order valence-electron chi connectivity index (χ1n) is 5.66. The topological polar surface area (TPSA) is 9.23 Å². The van der Waals surface area contributed by atoms with Gasteiger partial charge in [0.1, 0.15) is 0 Å². The minimum absolute atomic E-state index is 0.214. The molecule has 0 saturated carbocycles. The zero-order valence-electron chi connectivity index (χ0n) is 11.1. The van der Waals surface area contributed by atoms with Crippen molar-refractivity contribution >= 4 is 8.32 Å². The number of hydrogen-bond donors (Lipinski definition) is 0. The molecule has 0 rings (SSSR count). The van der Waals surface area contributed by atoms with E-state index < -0.39 is 8.32 Å². The molecule has 0 aliphatic carbocycles. The average Bonchev–Trinajstić information content (AvgIpc) is 2.01. The summed E-state index contributed by atoms with van der Waals surface area (Å²) in [7, 11) is -1.61. The van der Waals surface area contributed by atoms with Crippen LogP contribution in [-0.2, 0) is 4.43 Å². The molecule has 0 unspecified atom stereocenters. The number of hydrogen-bond acceptors (Lipinski definition) is 1. The van der Waals surface area contributed by atoms with Gasteiger partial charge in [-0.1, -0.05) is 39.0 Å². The highest BCUT2D eigenvalue weighted by Crippen LogP contribution is 2.37. The van der Waals surface area contributed by atoms with Crippen LogP contribution in [0.1, 0.15) is 34.1 Å². The third kappa shape index (κ3) is 5.33. The molecule has 0 N–H and O–H groups in total. The SMILES string of the molecule is C=CC/C=C\[C@H](C)O[Si](C)(C)C(C)(C)C. The minimum Gasteiger partial charge on any atom is -0.411 e. The van der Waals surface area contributed by atoms with E-state index in [4.69, 9.17) is 4.43 Å². The zero-order chi connectivity index (χ0) is 12.1. The Morgan fingerprint density at radius 3 is 2.27 bits per heavy atom. The van der Waals surface area contributed by atoms with Gasteiger partial charge in [0, 0.05) is 0 Å². The summed E-state index contributed by atoms with van der Waals surface area (Å²) in [6.45, 7) is 17.2. The third-order valence-electron chi connectivity index (χ3n) is 3.00. The van der Waals surface area contributed by atoms with Gasteiger partial charge in [-0.3, -0.25) is 0 Å². The van der Waals surface area contributed by atoms with Crippen LogP contribution in [0, 0.1) is 0 Å². The van der Waals surface area contributed by atoms with Gasteiger partial charge in [-0.25, -0.2) is 0 Å². The lowest BCUT2D eigenvalue weighted by Gasteiger charge is -2.37. The van der Waals surface area contributed by atoms with E-state index in [0.717, 1.165) is 6.42 Å². The van der Waals surface area contributed by atoms with Crippen LogP contribution in [0.5, 0.6) is 0 Å². The van der Waals surface area contributed by atoms with Crippen molar-refractivity contribution < 1.29 is 4.43 Å². The molecule has 0 aliphatic heterocycles. The number of rotatable bonds is 5. The van der Waals surface area contributed by atoms with E-state index in [0.29, 0.717) is 0 Å². The lowest BCUT2D eigenvalue weighted by Crippen LogP contribution is -2.42. The monoisotopic (exact) mass is 226 g/mol. The van der Waals surface area contributed by atoms with Crippen LogP contribution in [0.2, 0.25) is 18.1 Å². The summed E-state index contributed by atoms with van der Waals surface area (Å²) in [5, 5.41) is 0.285. The Kier molecular flexibility index (Phi) is 5.53. The Morgan fingerprint density at radius 1 is 1.33 bits per heavy atom. The first-order valence-corrected chi connectivity index (χ1v) is 8.57. The van der Waals surface area contributed by atoms with Crippen LogP contribution in [-0.4, -0.2) is 14.4 Å². The summed E-state index contributed by atoms with van der Waals surface area (Å²) in [5.74, 6) is 0. The second-order valence-corrected chi connectivity index (χ2v) is 10.3. The Morgan fingerprint density at radius 2 is 1.87 bits per heavy atom. The summed E-state index contributed by atoms with van der Waals surface area (Å²) in [6, 6.07) is 0. The molecule has 0 aromatic heterocycles. The van der Waals surface area contributed by atoms with Gasteiger partial charge in [-0.2, -0.15) is 0 Å². The molecule has 0 bridgehead atoms. The summed E-state index contributed by atoms with van der Waals surface area (Å²) in [6.07, 6.45) is 7.28. The predicted octanol–water partition coefficient (Wildman–Crippen LogP) is 4.53. The Hall–Kier alpha value is -0.343. The second-order valence-electron chi connectivity index (χ2n) is 5.54. The maximum absolute atomic E-state index is 6.17. The summed E-state index contributed by atoms with van der Waals surface area (Å²) >= 11 is 0. The van der Waals surface area contributed by atoms with Crippen molar-refractivity contribution in [3.63, 3.8) is 0 Å². The van der Waals surface area contributed by atoms with E-state index in [9.17, 15) is 0 Å². The average molecular weight is 226 g/mol. The molecule has 0 spiro atoms. The van der Waals surface area contributed by atoms with Crippen LogP contribution in [0.25, 0.3) is 0 Å². The number of allylic oxidation sites excluding steroid dienone is 2. The van der Waals surface area contributed by atoms with E-state index in [-0.39, 0.29) is 11.1 Å². The molecular formula is C13H26OSi. The molecule has 15 heavy (non-hydrogen) atoms. The standard InChI is InChI=1S/C13H26OSi/c1-8-9-10-11-12(2)14-15(6,7)13(3,4)5/h8,10-12H,1,9H2,2-7H3/b11-10-/t12-/m0/s1. The van der Waals surface area contributed by atoms with Crippen LogP contribution >= 0.6 is 0 Å². The highest BCUT2D eigenvalue weighted by atomic mass is 28.4. The highest BCUT2D eigenvalue weighted by molar-refractivity contribution is 6.74. The van der Waals surface area contributed by atoms with Gasteiger partial charge in [-0.15, -0.1) is 6.58 Å². The first kappa shape index (κ1) is 14.7. The van der Waals surface area contributed by atoms with E-state index >= 15 is 0 Å². The van der Waals surface area contributed by atoms with Gasteiger partial charge in [0.2, 0.25) is 0 Å². The van der Waals surface area contributed by atoms with Crippen molar-refractivity contribution in [3.05, 3.63) is 24.8 Å². The molecular weight excluding hydrogens is 200 g/mol. The maximum Gasteiger partial charge on any atom is 0.192 e. The fourth-order valence-corrected chi connectivity index (χ4v) is 2.41. The van der Waals surface area contributed by atoms with Gasteiger partial charge >= 0.3 is 0 Å². The van der Waals surface area contributed by atoms with Gasteiger partial charge in [-0.05, 0) is 31.5 Å². The highest BCUT2D eigenvalue weighted by Gasteiger charge is 2.37. The van der Waals surface area contributed by atoms with Gasteiger partial charge < -0.3 is 4.43 Å². The molecule has 0 fully saturated rings. The Labute approximate surface area is 96.4 Å². The Bertz CT molecular complexity index is 223. The van der Waals surface area contributed by atoms with Crippen molar-refractivity contribution in [2.24, 2.45) is 0 Å². The quantitative estimate of drug-likeness (QED) is 0.494. The van der Waals surface area contributed by atoms with Crippen molar-refractivity contribution in [2.45, 2.75) is 58.4 Å². The third-order valence-corrected chi connectivity index (χ3v) is 7.57. The normalized spacial score (nSPS) is 15.6. The molecule has 0 aromatic rings. The van der Waals surface area contributed by atoms with Gasteiger partial charge in [0.05, 0.1) is 6.10 Å². The molecule has 0 aromatic carbocycles. The lowest BCUT2D eigenvalue weighted by atomic mass is 10.2. The minimum atomic E-state index is -1.61. The van der Waals surface area contributed by atoms with Crippen molar-refractivity contribution in [2.75, 3.05) is 0 Å². The largest absolute Gasteiger partial charge is 0.411 e. The molecule has 0 amide bonds. The fraction of sp³-hybridized carbons (Fsp3) is 0.692. The van der Waals surface area contributed by atoms with Crippen molar-refractivity contribution in [1.82, 2.24) is 0 Å². The molecule has 0 saturated heterocycles. The molecule has 0 radical (unpaired) electrons. The molecule has 1 nitrogen and oxygen atoms in total. The molecule has 0 aliphatic rings. The molecule has 2 heteroatoms. The van der Waals surface area contributed by atoms with Gasteiger partial charge in [0.15, 0.2) is 8.32 Å². The van der Waals surface area contributed by atoms with Crippen LogP contribution < -0.4 is 0 Å². The first-order chi connectivity index (χ1) is 6.70. The van der Waals surface area contributed by atoms with E-state index in [2.05, 4.69) is 59.5 Å². The molecule has 88 valence electrons. The fourth-order valence-electron chi connectivity index (χ4n) is 1.05. The van der Waals surface area contributed by atoms with E-state index in [1.165, 1.54) is 0 Å². The van der Waals surface area contributed by atoms with Crippen molar-refractivity contribution in [3.8, 4) is 0 Å². The smallest absolute Gasteiger partial charge is 0.192 e. The van der Waals surface area contributed by atoms with Crippen LogP contribution in [0.15, 0.2) is 24.8 Å². The van der Waals surface area contributed by atoms with Gasteiger partial charge in [0.25, 0.3) is 0 Å². The lowest BCUT2D eigenvalue weighted by molar-refractivity contribution is 0.243. The Balaban J connectivity index is 4.28. The summed E-state index contributed by atoms with van der Waals surface area (Å²) in [4.78, 5) is 0. The maximum atomic E-state index is 6.17. The second kappa shape index (κ2) is 5.66. The summed E-state index contributed by atoms with van der Waals surface area (Å²) < 4.78 is 6.17. The summed E-state index contributed by atoms with van der Waals surface area (Å²) in [5.41, 5.74) is 0. The van der Waals surface area contributed by atoms with Crippen LogP contribution in [0.4, 0.5) is 0 Å². The van der Waals surface area contributed by atoms with E-state index in [1.54, 1.807) is 0 Å². The zero-order valence-corrected chi connectivity index (χ0v) is 12.1. The van der Waals surface area contributed by atoms with Crippen molar-refractivity contribution in [1.29, 1.82) is 0 Å². The van der Waals surface area contributed by atoms with E-state index in [1.807, 2.05) is 6.08 Å². The molecule has 0 heterocycles. The molecule has 1 atom stereocenters. The van der Waals surface area contributed by atoms with Crippen LogP contribution in [0.3, 0.4) is 0 Å².